The van der Waals surface area contributed by atoms with Gasteiger partial charge in [0.2, 0.25) is 0 Å². The molecule has 5 heteroatoms. The van der Waals surface area contributed by atoms with Crippen molar-refractivity contribution in [2.24, 2.45) is 0 Å². The van der Waals surface area contributed by atoms with Crippen LogP contribution in [0, 0.1) is 6.92 Å². The Balaban J connectivity index is 2.77. The molecule has 1 N–H and O–H groups in total. The van der Waals surface area contributed by atoms with Gasteiger partial charge in [-0.05, 0) is 36.7 Å². The Morgan fingerprint density at radius 3 is 2.44 bits per heavy atom. The molecule has 0 aromatic heterocycles. The fourth-order valence-corrected chi connectivity index (χ4v) is 1.74. The van der Waals surface area contributed by atoms with Crippen molar-refractivity contribution < 1.29 is 13.2 Å². The lowest BCUT2D eigenvalue weighted by molar-refractivity contribution is -0.119. The van der Waals surface area contributed by atoms with E-state index in [2.05, 4.69) is 5.32 Å². The molecule has 18 heavy (non-hydrogen) atoms. The summed E-state index contributed by atoms with van der Waals surface area (Å²) >= 11 is 0. The second-order valence-corrected chi connectivity index (χ2v) is 4.36. The van der Waals surface area contributed by atoms with E-state index in [4.69, 9.17) is 0 Å². The molecule has 0 heterocycles. The zero-order valence-corrected chi connectivity index (χ0v) is 10.9. The van der Waals surface area contributed by atoms with Gasteiger partial charge < -0.3 is 10.2 Å². The first-order valence-corrected chi connectivity index (χ1v) is 5.91. The molecule has 0 aliphatic rings. The van der Waals surface area contributed by atoms with Crippen molar-refractivity contribution in [3.05, 3.63) is 29.3 Å². The first kappa shape index (κ1) is 14.8. The molecule has 2 nitrogen and oxygen atoms in total. The highest BCUT2D eigenvalue weighted by Crippen LogP contribution is 2.22. The smallest absolute Gasteiger partial charge is 0.366 e. The van der Waals surface area contributed by atoms with Gasteiger partial charge >= 0.3 is 6.18 Å². The molecule has 0 bridgehead atoms. The first-order chi connectivity index (χ1) is 8.33. The van der Waals surface area contributed by atoms with Crippen molar-refractivity contribution in [1.82, 2.24) is 5.32 Å². The van der Waals surface area contributed by atoms with Crippen molar-refractivity contribution in [2.75, 3.05) is 25.0 Å². The Morgan fingerprint density at radius 1 is 1.28 bits per heavy atom. The van der Waals surface area contributed by atoms with Crippen LogP contribution in [0.1, 0.15) is 18.1 Å². The molecular formula is C13H19F3N2. The third kappa shape index (κ3) is 4.56. The highest BCUT2D eigenvalue weighted by Gasteiger charge is 2.29. The van der Waals surface area contributed by atoms with Crippen LogP contribution in [0.2, 0.25) is 0 Å². The number of hydrogen-bond donors (Lipinski definition) is 1. The minimum atomic E-state index is -4.18. The van der Waals surface area contributed by atoms with Gasteiger partial charge in [-0.15, -0.1) is 0 Å². The zero-order chi connectivity index (χ0) is 13.8. The van der Waals surface area contributed by atoms with Crippen LogP contribution >= 0.6 is 0 Å². The van der Waals surface area contributed by atoms with Gasteiger partial charge in [0.15, 0.2) is 0 Å². The zero-order valence-electron chi connectivity index (χ0n) is 10.9. The van der Waals surface area contributed by atoms with Gasteiger partial charge in [-0.25, -0.2) is 0 Å². The van der Waals surface area contributed by atoms with E-state index in [1.54, 1.807) is 12.1 Å². The fraction of sp³-hybridized carbons (Fsp3) is 0.538. The molecule has 0 amide bonds. The van der Waals surface area contributed by atoms with Crippen LogP contribution < -0.4 is 10.2 Å². The van der Waals surface area contributed by atoms with E-state index in [9.17, 15) is 13.2 Å². The summed E-state index contributed by atoms with van der Waals surface area (Å²) in [4.78, 5) is 1.21. The molecule has 0 fully saturated rings. The Hall–Kier alpha value is -1.23. The van der Waals surface area contributed by atoms with Crippen LogP contribution in [0.4, 0.5) is 18.9 Å². The highest BCUT2D eigenvalue weighted by molar-refractivity contribution is 5.50. The Labute approximate surface area is 106 Å². The van der Waals surface area contributed by atoms with E-state index < -0.39 is 12.7 Å². The number of nitrogens with one attached hydrogen (secondary N) is 1. The first-order valence-electron chi connectivity index (χ1n) is 5.91. The lowest BCUT2D eigenvalue weighted by Crippen LogP contribution is -2.30. The predicted octanol–water partition coefficient (Wildman–Crippen LogP) is 3.10. The van der Waals surface area contributed by atoms with Crippen LogP contribution in [0.15, 0.2) is 18.2 Å². The second kappa shape index (κ2) is 6.09. The molecule has 0 spiro atoms. The Morgan fingerprint density at radius 2 is 1.94 bits per heavy atom. The summed E-state index contributed by atoms with van der Waals surface area (Å²) in [5, 5.41) is 3.20. The van der Waals surface area contributed by atoms with Gasteiger partial charge in [0.05, 0.1) is 0 Å². The van der Waals surface area contributed by atoms with E-state index in [-0.39, 0.29) is 0 Å². The summed E-state index contributed by atoms with van der Waals surface area (Å²) in [5.74, 6) is 0. The lowest BCUT2D eigenvalue weighted by atomic mass is 10.1. The quantitative estimate of drug-likeness (QED) is 0.875. The van der Waals surface area contributed by atoms with Gasteiger partial charge in [-0.1, -0.05) is 13.0 Å². The number of nitrogens with zero attached hydrogens (tertiary/aromatic N) is 1. The third-order valence-electron chi connectivity index (χ3n) is 2.75. The molecule has 0 aliphatic carbocycles. The monoisotopic (exact) mass is 260 g/mol. The minimum absolute atomic E-state index is 0.588. The maximum Gasteiger partial charge on any atom is 0.405 e. The Kier molecular flexibility index (Phi) is 5.02. The average Bonchev–Trinajstić information content (AvgIpc) is 2.25. The summed E-state index contributed by atoms with van der Waals surface area (Å²) in [5.41, 5.74) is 2.70. The molecule has 102 valence electrons. The van der Waals surface area contributed by atoms with Crippen molar-refractivity contribution in [1.29, 1.82) is 0 Å². The molecule has 0 radical (unpaired) electrons. The van der Waals surface area contributed by atoms with E-state index in [1.165, 1.54) is 11.9 Å². The molecule has 1 aromatic rings. The van der Waals surface area contributed by atoms with Gasteiger partial charge in [-0.3, -0.25) is 0 Å². The summed E-state index contributed by atoms with van der Waals surface area (Å²) < 4.78 is 36.9. The molecular weight excluding hydrogens is 241 g/mol. The van der Waals surface area contributed by atoms with Gasteiger partial charge in [0, 0.05) is 19.3 Å². The molecule has 0 saturated heterocycles. The van der Waals surface area contributed by atoms with Gasteiger partial charge in [0.1, 0.15) is 6.54 Å². The number of benzene rings is 1. The highest BCUT2D eigenvalue weighted by atomic mass is 19.4. The number of anilines is 1. The normalized spacial score (nSPS) is 11.7. The van der Waals surface area contributed by atoms with Crippen molar-refractivity contribution in [3.63, 3.8) is 0 Å². The molecule has 0 saturated carbocycles. The van der Waals surface area contributed by atoms with Crippen molar-refractivity contribution in [2.45, 2.75) is 26.6 Å². The number of alkyl halides is 3. The number of rotatable bonds is 5. The summed E-state index contributed by atoms with van der Waals surface area (Å²) in [6.07, 6.45) is -4.18. The maximum atomic E-state index is 12.3. The largest absolute Gasteiger partial charge is 0.405 e. The summed E-state index contributed by atoms with van der Waals surface area (Å²) in [6, 6.07) is 5.39. The van der Waals surface area contributed by atoms with E-state index >= 15 is 0 Å². The third-order valence-corrected chi connectivity index (χ3v) is 2.75. The number of aryl methyl sites for hydroxylation is 1. The average molecular weight is 260 g/mol. The van der Waals surface area contributed by atoms with E-state index in [0.29, 0.717) is 5.69 Å². The van der Waals surface area contributed by atoms with Crippen LogP contribution in [-0.4, -0.2) is 26.3 Å². The van der Waals surface area contributed by atoms with Crippen LogP contribution in [0.3, 0.4) is 0 Å². The van der Waals surface area contributed by atoms with Gasteiger partial charge in [-0.2, -0.15) is 13.2 Å². The van der Waals surface area contributed by atoms with Crippen LogP contribution in [0.5, 0.6) is 0 Å². The lowest BCUT2D eigenvalue weighted by Gasteiger charge is -2.22. The number of halogens is 3. The van der Waals surface area contributed by atoms with Crippen molar-refractivity contribution in [3.8, 4) is 0 Å². The SMILES string of the molecule is CCNCc1ccc(N(C)CC(F)(F)F)cc1C. The minimum Gasteiger partial charge on any atom is -0.366 e. The molecule has 1 aromatic carbocycles. The number of hydrogen-bond acceptors (Lipinski definition) is 2. The molecule has 0 atom stereocenters. The summed E-state index contributed by atoms with van der Waals surface area (Å²) in [6.45, 7) is 4.61. The molecule has 0 unspecified atom stereocenters. The van der Waals surface area contributed by atoms with Crippen LogP contribution in [-0.2, 0) is 6.54 Å². The topological polar surface area (TPSA) is 15.3 Å². The fourth-order valence-electron chi connectivity index (χ4n) is 1.74. The van der Waals surface area contributed by atoms with Gasteiger partial charge in [0.25, 0.3) is 0 Å². The van der Waals surface area contributed by atoms with Crippen molar-refractivity contribution >= 4 is 5.69 Å². The van der Waals surface area contributed by atoms with E-state index in [1.807, 2.05) is 19.9 Å². The standard InChI is InChI=1S/C13H19F3N2/c1-4-17-8-11-5-6-12(7-10(11)2)18(3)9-13(14,15)16/h5-7,17H,4,8-9H2,1-3H3. The predicted molar refractivity (Wildman–Crippen MR) is 67.9 cm³/mol. The molecule has 0 aliphatic heterocycles. The molecule has 1 rings (SSSR count). The Bertz CT molecular complexity index is 388. The second-order valence-electron chi connectivity index (χ2n) is 4.36. The van der Waals surface area contributed by atoms with E-state index in [0.717, 1.165) is 24.2 Å². The van der Waals surface area contributed by atoms with Crippen LogP contribution in [0.25, 0.3) is 0 Å². The maximum absolute atomic E-state index is 12.3. The summed E-state index contributed by atoms with van der Waals surface area (Å²) in [7, 11) is 1.45.